The maximum absolute atomic E-state index is 4.80. The minimum absolute atomic E-state index is 0.0570. The Balaban J connectivity index is 2.23. The van der Waals surface area contributed by atoms with Gasteiger partial charge in [0.1, 0.15) is 5.82 Å². The topological polar surface area (TPSA) is 48.5 Å². The van der Waals surface area contributed by atoms with Gasteiger partial charge in [-0.3, -0.25) is 0 Å². The lowest BCUT2D eigenvalue weighted by molar-refractivity contribution is 0.549. The van der Waals surface area contributed by atoms with Gasteiger partial charge in [0, 0.05) is 24.7 Å². The van der Waals surface area contributed by atoms with Gasteiger partial charge in [0.15, 0.2) is 5.16 Å². The highest BCUT2D eigenvalue weighted by molar-refractivity contribution is 8.76. The summed E-state index contributed by atoms with van der Waals surface area (Å²) in [7, 11) is 5.22. The third-order valence-corrected chi connectivity index (χ3v) is 5.45. The Hall–Kier alpha value is -0.950. The molecule has 2 heterocycles. The molecular weight excluding hydrogens is 302 g/mol. The van der Waals surface area contributed by atoms with Crippen molar-refractivity contribution in [2.45, 2.75) is 63.3 Å². The van der Waals surface area contributed by atoms with Crippen molar-refractivity contribution >= 4 is 21.6 Å². The average molecular weight is 326 g/mol. The number of hydrogen-bond donors (Lipinski definition) is 0. The fourth-order valence-electron chi connectivity index (χ4n) is 1.70. The largest absolute Gasteiger partial charge is 0.323 e. The van der Waals surface area contributed by atoms with E-state index in [4.69, 9.17) is 4.98 Å². The summed E-state index contributed by atoms with van der Waals surface area (Å²) in [5.74, 6) is 0.917. The van der Waals surface area contributed by atoms with Crippen molar-refractivity contribution in [3.8, 4) is 0 Å². The van der Waals surface area contributed by atoms with E-state index in [9.17, 15) is 0 Å². The molecule has 0 N–H and O–H groups in total. The normalized spacial score (nSPS) is 12.4. The Labute approximate surface area is 134 Å². The molecule has 7 heteroatoms. The molecule has 0 saturated carbocycles. The van der Waals surface area contributed by atoms with E-state index in [1.165, 1.54) is 0 Å². The van der Waals surface area contributed by atoms with Crippen molar-refractivity contribution in [2.75, 3.05) is 0 Å². The highest BCUT2D eigenvalue weighted by Crippen LogP contribution is 2.38. The van der Waals surface area contributed by atoms with E-state index < -0.39 is 0 Å². The molecular formula is C14H23N5S2. The first-order chi connectivity index (χ1) is 9.70. The molecule has 0 aliphatic carbocycles. The van der Waals surface area contributed by atoms with Crippen LogP contribution in [-0.2, 0) is 12.5 Å². The zero-order valence-corrected chi connectivity index (χ0v) is 15.3. The van der Waals surface area contributed by atoms with Gasteiger partial charge in [-0.2, -0.15) is 0 Å². The lowest BCUT2D eigenvalue weighted by atomic mass is 9.93. The van der Waals surface area contributed by atoms with Crippen molar-refractivity contribution in [1.82, 2.24) is 24.3 Å². The van der Waals surface area contributed by atoms with Gasteiger partial charge in [0.25, 0.3) is 0 Å². The van der Waals surface area contributed by atoms with Gasteiger partial charge in [-0.25, -0.2) is 4.98 Å². The van der Waals surface area contributed by atoms with Crippen LogP contribution >= 0.6 is 21.6 Å². The maximum Gasteiger partial charge on any atom is 0.202 e. The summed E-state index contributed by atoms with van der Waals surface area (Å²) in [5.41, 5.74) is 1.18. The summed E-state index contributed by atoms with van der Waals surface area (Å²) in [5, 5.41) is 10.2. The molecule has 0 bridgehead atoms. The fourth-order valence-corrected chi connectivity index (χ4v) is 3.91. The van der Waals surface area contributed by atoms with Gasteiger partial charge in [0.05, 0.1) is 5.69 Å². The number of rotatable bonds is 4. The van der Waals surface area contributed by atoms with Crippen molar-refractivity contribution in [3.63, 3.8) is 0 Å². The number of aromatic nitrogens is 5. The molecule has 5 nitrogen and oxygen atoms in total. The monoisotopic (exact) mass is 325 g/mol. The van der Waals surface area contributed by atoms with E-state index in [1.807, 2.05) is 18.5 Å². The van der Waals surface area contributed by atoms with Crippen LogP contribution in [0.15, 0.2) is 16.5 Å². The number of nitrogens with zero attached hydrogens (tertiary/aromatic N) is 5. The molecule has 0 spiro atoms. The molecule has 2 aromatic heterocycles. The zero-order chi connectivity index (χ0) is 15.8. The van der Waals surface area contributed by atoms with E-state index in [-0.39, 0.29) is 5.41 Å². The SMILES string of the molecule is Cc1nnc(SSc2nc(C(C)(C)C)cn2C(C)C)n1C. The molecule has 2 rings (SSSR count). The lowest BCUT2D eigenvalue weighted by Gasteiger charge is -2.14. The van der Waals surface area contributed by atoms with Gasteiger partial charge < -0.3 is 9.13 Å². The van der Waals surface area contributed by atoms with Crippen LogP contribution in [0, 0.1) is 6.92 Å². The average Bonchev–Trinajstić information content (AvgIpc) is 2.93. The minimum atomic E-state index is 0.0570. The molecule has 0 saturated heterocycles. The highest BCUT2D eigenvalue weighted by atomic mass is 33.1. The van der Waals surface area contributed by atoms with Gasteiger partial charge in [-0.05, 0) is 42.4 Å². The van der Waals surface area contributed by atoms with Gasteiger partial charge in [0.2, 0.25) is 5.16 Å². The molecule has 0 aliphatic rings. The third-order valence-electron chi connectivity index (χ3n) is 3.27. The second-order valence-electron chi connectivity index (χ2n) is 6.42. The zero-order valence-electron chi connectivity index (χ0n) is 13.7. The minimum Gasteiger partial charge on any atom is -0.323 e. The van der Waals surface area contributed by atoms with Crippen molar-refractivity contribution in [1.29, 1.82) is 0 Å². The summed E-state index contributed by atoms with van der Waals surface area (Å²) in [6.45, 7) is 12.9. The second-order valence-corrected chi connectivity index (χ2v) is 8.48. The smallest absolute Gasteiger partial charge is 0.202 e. The van der Waals surface area contributed by atoms with Gasteiger partial charge in [-0.1, -0.05) is 20.8 Å². The maximum atomic E-state index is 4.80. The van der Waals surface area contributed by atoms with Crippen molar-refractivity contribution in [2.24, 2.45) is 7.05 Å². The van der Waals surface area contributed by atoms with Crippen LogP contribution < -0.4 is 0 Å². The quantitative estimate of drug-likeness (QED) is 0.795. The summed E-state index contributed by atoms with van der Waals surface area (Å²) in [4.78, 5) is 4.80. The van der Waals surface area contributed by atoms with Crippen LogP contribution in [0.5, 0.6) is 0 Å². The van der Waals surface area contributed by atoms with Gasteiger partial charge >= 0.3 is 0 Å². The molecule has 0 aromatic carbocycles. The Morgan fingerprint density at radius 1 is 1.10 bits per heavy atom. The first-order valence-corrected chi connectivity index (χ1v) is 9.15. The molecule has 116 valence electrons. The van der Waals surface area contributed by atoms with E-state index in [2.05, 4.69) is 55.6 Å². The molecule has 2 aromatic rings. The summed E-state index contributed by atoms with van der Waals surface area (Å²) in [6.07, 6.45) is 2.16. The second kappa shape index (κ2) is 6.04. The predicted molar refractivity (Wildman–Crippen MR) is 88.8 cm³/mol. The number of hydrogen-bond acceptors (Lipinski definition) is 5. The Morgan fingerprint density at radius 3 is 2.19 bits per heavy atom. The Morgan fingerprint density at radius 2 is 1.71 bits per heavy atom. The van der Waals surface area contributed by atoms with Crippen LogP contribution in [0.2, 0.25) is 0 Å². The molecule has 0 unspecified atom stereocenters. The molecule has 21 heavy (non-hydrogen) atoms. The van der Waals surface area contributed by atoms with E-state index in [0.717, 1.165) is 21.8 Å². The number of imidazole rings is 1. The lowest BCUT2D eigenvalue weighted by Crippen LogP contribution is -2.11. The Bertz CT molecular complexity index is 622. The van der Waals surface area contributed by atoms with E-state index >= 15 is 0 Å². The van der Waals surface area contributed by atoms with Crippen LogP contribution in [-0.4, -0.2) is 24.3 Å². The molecule has 0 fully saturated rings. The van der Waals surface area contributed by atoms with Crippen molar-refractivity contribution in [3.05, 3.63) is 17.7 Å². The first kappa shape index (κ1) is 16.4. The first-order valence-electron chi connectivity index (χ1n) is 7.00. The van der Waals surface area contributed by atoms with E-state index in [1.54, 1.807) is 21.6 Å². The van der Waals surface area contributed by atoms with Crippen LogP contribution in [0.25, 0.3) is 0 Å². The van der Waals surface area contributed by atoms with Gasteiger partial charge in [-0.15, -0.1) is 10.2 Å². The van der Waals surface area contributed by atoms with Crippen LogP contribution in [0.1, 0.15) is 52.2 Å². The molecule has 0 aliphatic heterocycles. The molecule has 0 radical (unpaired) electrons. The fraction of sp³-hybridized carbons (Fsp3) is 0.643. The summed E-state index contributed by atoms with van der Waals surface area (Å²) < 4.78 is 4.21. The van der Waals surface area contributed by atoms with Crippen LogP contribution in [0.3, 0.4) is 0 Å². The number of aryl methyl sites for hydroxylation is 1. The van der Waals surface area contributed by atoms with Crippen molar-refractivity contribution < 1.29 is 0 Å². The standard InChI is InChI=1S/C14H23N5S2/c1-9(2)19-8-11(14(4,5)6)15-12(19)20-21-13-17-16-10(3)18(13)7/h8-9H,1-7H3. The summed E-state index contributed by atoms with van der Waals surface area (Å²) in [6, 6.07) is 0.387. The third kappa shape index (κ3) is 3.63. The molecule has 0 amide bonds. The highest BCUT2D eigenvalue weighted by Gasteiger charge is 2.21. The summed E-state index contributed by atoms with van der Waals surface area (Å²) >= 11 is 0. The van der Waals surface area contributed by atoms with Crippen LogP contribution in [0.4, 0.5) is 0 Å². The Kier molecular flexibility index (Phi) is 4.72. The predicted octanol–water partition coefficient (Wildman–Crippen LogP) is 4.00. The van der Waals surface area contributed by atoms with E-state index in [0.29, 0.717) is 6.04 Å². The molecule has 0 atom stereocenters.